The van der Waals surface area contributed by atoms with E-state index in [1.54, 1.807) is 74.8 Å². The van der Waals surface area contributed by atoms with Crippen molar-refractivity contribution in [3.8, 4) is 11.5 Å². The van der Waals surface area contributed by atoms with Crippen LogP contribution in [0, 0.1) is 5.41 Å². The van der Waals surface area contributed by atoms with Crippen molar-refractivity contribution in [1.29, 1.82) is 0 Å². The summed E-state index contributed by atoms with van der Waals surface area (Å²) in [6.07, 6.45) is 6.61. The van der Waals surface area contributed by atoms with Crippen molar-refractivity contribution in [2.75, 3.05) is 46.3 Å². The molecule has 3 N–H and O–H groups in total. The number of carbonyl (C=O) groups excluding carboxylic acids is 2. The number of benzene rings is 3. The van der Waals surface area contributed by atoms with Crippen molar-refractivity contribution >= 4 is 17.5 Å². The van der Waals surface area contributed by atoms with E-state index in [2.05, 4.69) is 25.2 Å². The second-order valence-corrected chi connectivity index (χ2v) is 14.4. The lowest BCUT2D eigenvalue weighted by Crippen LogP contribution is -2.54. The second-order valence-electron chi connectivity index (χ2n) is 14.4. The quantitative estimate of drug-likeness (QED) is 0.108. The average molecular weight is 699 g/mol. The van der Waals surface area contributed by atoms with E-state index in [-0.39, 0.29) is 24.3 Å². The molecule has 2 bridgehead atoms. The van der Waals surface area contributed by atoms with Gasteiger partial charge in [-0.15, -0.1) is 0 Å². The predicted molar refractivity (Wildman–Crippen MR) is 200 cm³/mol. The van der Waals surface area contributed by atoms with Gasteiger partial charge in [-0.1, -0.05) is 30.7 Å². The lowest BCUT2D eigenvalue weighted by Gasteiger charge is -2.46. The van der Waals surface area contributed by atoms with Crippen molar-refractivity contribution in [3.05, 3.63) is 101 Å². The van der Waals surface area contributed by atoms with E-state index < -0.39 is 17.1 Å². The van der Waals surface area contributed by atoms with Gasteiger partial charge in [-0.25, -0.2) is 4.79 Å². The molecule has 274 valence electrons. The molecule has 0 aliphatic heterocycles. The zero-order valence-corrected chi connectivity index (χ0v) is 30.7. The lowest BCUT2D eigenvalue weighted by atomic mass is 9.64. The van der Waals surface area contributed by atoms with Gasteiger partial charge in [0.25, 0.3) is 0 Å². The number of urea groups is 1. The molecule has 0 aromatic heterocycles. The number of allylic oxidation sites excluding steroid dienone is 2. The standard InChI is InChI=1S/C42H54N2O7/c1-29-8-6-22-41(2)38(21-23-42(41,48)28-44(24-7-25-49-3)40(47)43-32-13-18-35(51-5)19-14-32)36-20-10-30(26-33(45)15-9-29)27-37(36)39(46)31-11-16-34(50-4)17-12-31/h8,10-14,16-20,27,33,38,45,48H,6-7,9,15,21-26,28H2,1-5H3,(H,43,47)/t33-,38-,41-,42+/m0/s1. The van der Waals surface area contributed by atoms with E-state index >= 15 is 0 Å². The minimum atomic E-state index is -1.25. The van der Waals surface area contributed by atoms with Crippen LogP contribution >= 0.6 is 0 Å². The molecule has 9 heteroatoms. The Morgan fingerprint density at radius 2 is 1.63 bits per heavy atom. The first-order valence-electron chi connectivity index (χ1n) is 18.1. The van der Waals surface area contributed by atoms with Crippen molar-refractivity contribution in [1.82, 2.24) is 4.90 Å². The molecular weight excluding hydrogens is 644 g/mol. The van der Waals surface area contributed by atoms with Crippen LogP contribution in [0.25, 0.3) is 0 Å². The first-order chi connectivity index (χ1) is 24.5. The fourth-order valence-electron chi connectivity index (χ4n) is 7.94. The summed E-state index contributed by atoms with van der Waals surface area (Å²) in [4.78, 5) is 29.9. The van der Waals surface area contributed by atoms with Crippen LogP contribution in [-0.4, -0.2) is 79.7 Å². The minimum absolute atomic E-state index is 0.107. The van der Waals surface area contributed by atoms with Crippen molar-refractivity contribution < 1.29 is 34.0 Å². The third-order valence-electron chi connectivity index (χ3n) is 11.1. The number of methoxy groups -OCH3 is 3. The maximum atomic E-state index is 14.3. The Balaban J connectivity index is 1.54. The number of fused-ring (bicyclic) bond motifs is 8. The highest BCUT2D eigenvalue weighted by atomic mass is 16.5. The van der Waals surface area contributed by atoms with Gasteiger partial charge < -0.3 is 34.6 Å². The molecule has 4 atom stereocenters. The van der Waals surface area contributed by atoms with Crippen LogP contribution in [0.4, 0.5) is 10.5 Å². The highest BCUT2D eigenvalue weighted by Crippen LogP contribution is 2.59. The maximum absolute atomic E-state index is 14.3. The van der Waals surface area contributed by atoms with E-state index in [1.807, 2.05) is 18.2 Å². The smallest absolute Gasteiger partial charge is 0.321 e. The summed E-state index contributed by atoms with van der Waals surface area (Å²) in [5, 5.41) is 26.9. The Hall–Kier alpha value is -4.18. The van der Waals surface area contributed by atoms with E-state index in [0.29, 0.717) is 80.0 Å². The molecule has 6 rings (SSSR count). The second kappa shape index (κ2) is 16.9. The number of hydrogen-bond donors (Lipinski definition) is 3. The fraction of sp³-hybridized carbons (Fsp3) is 0.476. The van der Waals surface area contributed by atoms with Crippen LogP contribution in [-0.2, 0) is 11.2 Å². The number of hydrogen-bond acceptors (Lipinski definition) is 7. The number of carbonyl (C=O) groups is 2. The minimum Gasteiger partial charge on any atom is -0.497 e. The SMILES string of the molecule is COCCCN(C[C@]1(O)CC[C@H]2c3ccc(cc3C(=O)c3ccc(OC)cc3)C[C@@H](O)CCC(C)=CCC[C@@]21C)C(=O)Nc1ccc(OC)cc1. The number of nitrogens with one attached hydrogen (secondary N) is 1. The first kappa shape index (κ1) is 38.1. The summed E-state index contributed by atoms with van der Waals surface area (Å²) in [5.41, 5.74) is 2.81. The number of nitrogens with zero attached hydrogens (tertiary/aromatic N) is 1. The van der Waals surface area contributed by atoms with Crippen LogP contribution in [0.1, 0.15) is 91.8 Å². The normalized spacial score (nSPS) is 23.5. The molecule has 1 fully saturated rings. The van der Waals surface area contributed by atoms with E-state index in [4.69, 9.17) is 14.2 Å². The zero-order valence-electron chi connectivity index (χ0n) is 30.7. The molecule has 3 aliphatic rings. The average Bonchev–Trinajstić information content (AvgIpc) is 3.38. The molecule has 3 aromatic rings. The molecule has 0 unspecified atom stereocenters. The molecule has 3 aliphatic carbocycles. The molecule has 0 radical (unpaired) electrons. The molecule has 51 heavy (non-hydrogen) atoms. The summed E-state index contributed by atoms with van der Waals surface area (Å²) in [6.45, 7) is 5.23. The Kier molecular flexibility index (Phi) is 12.6. The molecule has 0 saturated heterocycles. The summed E-state index contributed by atoms with van der Waals surface area (Å²) in [6, 6.07) is 20.0. The van der Waals surface area contributed by atoms with Gasteiger partial charge in [0.2, 0.25) is 0 Å². The lowest BCUT2D eigenvalue weighted by molar-refractivity contribution is -0.0767. The Morgan fingerprint density at radius 3 is 2.29 bits per heavy atom. The molecule has 2 amide bonds. The maximum Gasteiger partial charge on any atom is 0.321 e. The third kappa shape index (κ3) is 8.83. The van der Waals surface area contributed by atoms with Crippen LogP contribution in [0.3, 0.4) is 0 Å². The third-order valence-corrected chi connectivity index (χ3v) is 11.1. The number of aliphatic hydroxyl groups excluding tert-OH is 1. The highest BCUT2D eigenvalue weighted by Gasteiger charge is 2.57. The molecule has 9 nitrogen and oxygen atoms in total. The van der Waals surface area contributed by atoms with Gasteiger partial charge in [0, 0.05) is 42.5 Å². The van der Waals surface area contributed by atoms with Crippen LogP contribution in [0.15, 0.2) is 78.4 Å². The van der Waals surface area contributed by atoms with E-state index in [0.717, 1.165) is 24.0 Å². The molecular formula is C42H54N2O7. The zero-order chi connectivity index (χ0) is 36.6. The van der Waals surface area contributed by atoms with Crippen LogP contribution in [0.2, 0.25) is 0 Å². The number of amides is 2. The van der Waals surface area contributed by atoms with Crippen LogP contribution in [0.5, 0.6) is 11.5 Å². The van der Waals surface area contributed by atoms with Crippen molar-refractivity contribution in [3.63, 3.8) is 0 Å². The summed E-state index contributed by atoms with van der Waals surface area (Å²) < 4.78 is 16.0. The van der Waals surface area contributed by atoms with Gasteiger partial charge in [0.15, 0.2) is 5.78 Å². The number of rotatable bonds is 11. The van der Waals surface area contributed by atoms with Gasteiger partial charge >= 0.3 is 6.03 Å². The van der Waals surface area contributed by atoms with Crippen LogP contribution < -0.4 is 14.8 Å². The van der Waals surface area contributed by atoms with Crippen molar-refractivity contribution in [2.24, 2.45) is 5.41 Å². The van der Waals surface area contributed by atoms with Gasteiger partial charge in [-0.05, 0) is 130 Å². The highest BCUT2D eigenvalue weighted by molar-refractivity contribution is 6.10. The number of aliphatic hydroxyl groups is 2. The molecule has 1 saturated carbocycles. The summed E-state index contributed by atoms with van der Waals surface area (Å²) in [5.74, 6) is 1.09. The van der Waals surface area contributed by atoms with Gasteiger partial charge in [0.05, 0.1) is 32.5 Å². The van der Waals surface area contributed by atoms with Crippen molar-refractivity contribution in [2.45, 2.75) is 82.8 Å². The van der Waals surface area contributed by atoms with Gasteiger partial charge in [-0.3, -0.25) is 4.79 Å². The Labute approximate surface area is 302 Å². The van der Waals surface area contributed by atoms with Gasteiger partial charge in [-0.2, -0.15) is 0 Å². The number of ketones is 1. The summed E-state index contributed by atoms with van der Waals surface area (Å²) in [7, 11) is 4.83. The number of ether oxygens (including phenoxy) is 3. The van der Waals surface area contributed by atoms with E-state index in [1.165, 1.54) is 5.57 Å². The molecule has 0 spiro atoms. The molecule has 0 heterocycles. The van der Waals surface area contributed by atoms with E-state index in [9.17, 15) is 19.8 Å². The van der Waals surface area contributed by atoms with Gasteiger partial charge in [0.1, 0.15) is 11.5 Å². The number of anilines is 1. The Morgan fingerprint density at radius 1 is 0.941 bits per heavy atom. The first-order valence-corrected chi connectivity index (χ1v) is 18.1. The monoisotopic (exact) mass is 698 g/mol. The largest absolute Gasteiger partial charge is 0.497 e. The topological polar surface area (TPSA) is 118 Å². The predicted octanol–water partition coefficient (Wildman–Crippen LogP) is 7.54. The summed E-state index contributed by atoms with van der Waals surface area (Å²) >= 11 is 0. The fourth-order valence-corrected chi connectivity index (χ4v) is 7.94. The Bertz CT molecular complexity index is 1670. The molecule has 3 aromatic carbocycles.